The molecule has 3 aromatic rings. The van der Waals surface area contributed by atoms with Crippen molar-refractivity contribution < 1.29 is 9.59 Å². The first-order chi connectivity index (χ1) is 13.5. The van der Waals surface area contributed by atoms with E-state index in [4.69, 9.17) is 0 Å². The number of carbonyl (C=O) groups excluding carboxylic acids is 2. The van der Waals surface area contributed by atoms with Crippen LogP contribution in [0, 0.1) is 13.8 Å². The van der Waals surface area contributed by atoms with Crippen LogP contribution in [0.1, 0.15) is 22.5 Å². The van der Waals surface area contributed by atoms with Gasteiger partial charge in [-0.2, -0.15) is 0 Å². The number of hydrogen-bond acceptors (Lipinski definition) is 3. The minimum atomic E-state index is -0.400. The molecule has 1 aliphatic heterocycles. The van der Waals surface area contributed by atoms with E-state index >= 15 is 0 Å². The molecule has 6 heteroatoms. The van der Waals surface area contributed by atoms with Gasteiger partial charge >= 0.3 is 6.03 Å². The van der Waals surface area contributed by atoms with E-state index in [9.17, 15) is 9.59 Å². The maximum Gasteiger partial charge on any atom is 0.329 e. The summed E-state index contributed by atoms with van der Waals surface area (Å²) in [6.07, 6.45) is 5.23. The molecule has 28 heavy (non-hydrogen) atoms. The van der Waals surface area contributed by atoms with Gasteiger partial charge in [-0.25, -0.2) is 4.79 Å². The monoisotopic (exact) mass is 372 g/mol. The predicted molar refractivity (Wildman–Crippen MR) is 107 cm³/mol. The second kappa shape index (κ2) is 7.15. The van der Waals surface area contributed by atoms with Crippen molar-refractivity contribution in [2.24, 2.45) is 0 Å². The van der Waals surface area contributed by atoms with Crippen LogP contribution in [0.4, 0.5) is 4.79 Å². The Labute approximate surface area is 163 Å². The zero-order chi connectivity index (χ0) is 19.7. The Bertz CT molecular complexity index is 1070. The van der Waals surface area contributed by atoms with Crippen LogP contribution >= 0.6 is 0 Å². The van der Waals surface area contributed by atoms with E-state index < -0.39 is 6.03 Å². The molecular formula is C22H20N4O2. The van der Waals surface area contributed by atoms with E-state index in [1.54, 1.807) is 18.5 Å². The first kappa shape index (κ1) is 17.7. The summed E-state index contributed by atoms with van der Waals surface area (Å²) in [4.78, 5) is 30.3. The maximum atomic E-state index is 12.8. The molecule has 1 aromatic carbocycles. The van der Waals surface area contributed by atoms with Crippen molar-refractivity contribution in [3.05, 3.63) is 89.1 Å². The van der Waals surface area contributed by atoms with Gasteiger partial charge in [0.1, 0.15) is 5.70 Å². The highest BCUT2D eigenvalue weighted by Gasteiger charge is 2.33. The lowest BCUT2D eigenvalue weighted by Gasteiger charge is -2.11. The number of imide groups is 1. The van der Waals surface area contributed by atoms with Crippen LogP contribution < -0.4 is 5.32 Å². The van der Waals surface area contributed by atoms with Gasteiger partial charge in [0.05, 0.1) is 6.54 Å². The van der Waals surface area contributed by atoms with Crippen LogP contribution in [0.3, 0.4) is 0 Å². The molecule has 0 radical (unpaired) electrons. The zero-order valence-corrected chi connectivity index (χ0v) is 15.7. The van der Waals surface area contributed by atoms with Gasteiger partial charge in [0.15, 0.2) is 0 Å². The van der Waals surface area contributed by atoms with E-state index in [1.165, 1.54) is 4.90 Å². The number of rotatable bonds is 4. The third kappa shape index (κ3) is 3.20. The molecule has 1 aliphatic rings. The van der Waals surface area contributed by atoms with Crippen molar-refractivity contribution in [1.29, 1.82) is 0 Å². The Morgan fingerprint density at radius 1 is 1.04 bits per heavy atom. The van der Waals surface area contributed by atoms with Crippen molar-refractivity contribution in [2.45, 2.75) is 20.4 Å². The first-order valence-corrected chi connectivity index (χ1v) is 9.02. The fourth-order valence-electron chi connectivity index (χ4n) is 3.46. The standard InChI is InChI=1S/C22H20N4O2/c1-15-12-18(16(2)26(15)19-8-10-23-11-9-19)13-20-21(27)25(22(28)24-20)14-17-6-4-3-5-7-17/h3-13H,14H2,1-2H3,(H,24,28). The van der Waals surface area contributed by atoms with Crippen LogP contribution in [0.15, 0.2) is 66.6 Å². The second-order valence-electron chi connectivity index (χ2n) is 6.73. The number of carbonyl (C=O) groups is 2. The highest BCUT2D eigenvalue weighted by atomic mass is 16.2. The van der Waals surface area contributed by atoms with E-state index in [0.29, 0.717) is 0 Å². The molecule has 0 spiro atoms. The summed E-state index contributed by atoms with van der Waals surface area (Å²) in [6, 6.07) is 14.9. The minimum absolute atomic E-state index is 0.249. The molecule has 0 atom stereocenters. The van der Waals surface area contributed by atoms with Gasteiger partial charge in [0, 0.05) is 29.5 Å². The van der Waals surface area contributed by atoms with Crippen molar-refractivity contribution in [3.8, 4) is 5.69 Å². The Kier molecular flexibility index (Phi) is 4.53. The second-order valence-corrected chi connectivity index (χ2v) is 6.73. The van der Waals surface area contributed by atoms with Crippen LogP contribution in [0.25, 0.3) is 11.8 Å². The third-order valence-electron chi connectivity index (χ3n) is 4.84. The molecule has 6 nitrogen and oxygen atoms in total. The fourth-order valence-corrected chi connectivity index (χ4v) is 3.46. The lowest BCUT2D eigenvalue weighted by molar-refractivity contribution is -0.123. The van der Waals surface area contributed by atoms with Crippen LogP contribution in [0.5, 0.6) is 0 Å². The van der Waals surface area contributed by atoms with Crippen LogP contribution in [-0.4, -0.2) is 26.4 Å². The molecule has 1 N–H and O–H groups in total. The van der Waals surface area contributed by atoms with Gasteiger partial charge in [-0.05, 0) is 49.2 Å². The summed E-state index contributed by atoms with van der Waals surface area (Å²) < 4.78 is 2.09. The molecule has 1 fully saturated rings. The summed E-state index contributed by atoms with van der Waals surface area (Å²) in [5.41, 5.74) is 5.11. The molecule has 0 saturated carbocycles. The average molecular weight is 372 g/mol. The Hall–Kier alpha value is -3.67. The van der Waals surface area contributed by atoms with Crippen molar-refractivity contribution in [3.63, 3.8) is 0 Å². The summed E-state index contributed by atoms with van der Waals surface area (Å²) in [5, 5.41) is 2.70. The molecule has 2 aromatic heterocycles. The summed E-state index contributed by atoms with van der Waals surface area (Å²) >= 11 is 0. The highest BCUT2D eigenvalue weighted by Crippen LogP contribution is 2.24. The lowest BCUT2D eigenvalue weighted by Crippen LogP contribution is -2.30. The van der Waals surface area contributed by atoms with E-state index in [0.717, 1.165) is 28.2 Å². The lowest BCUT2D eigenvalue weighted by atomic mass is 10.2. The number of hydrogen-bond donors (Lipinski definition) is 1. The predicted octanol–water partition coefficient (Wildman–Crippen LogP) is 3.58. The Morgan fingerprint density at radius 3 is 2.46 bits per heavy atom. The molecular weight excluding hydrogens is 352 g/mol. The number of aromatic nitrogens is 2. The van der Waals surface area contributed by atoms with Crippen molar-refractivity contribution in [2.75, 3.05) is 0 Å². The molecule has 4 rings (SSSR count). The number of amides is 3. The van der Waals surface area contributed by atoms with Gasteiger partial charge in [0.25, 0.3) is 5.91 Å². The maximum absolute atomic E-state index is 12.8. The number of nitrogens with one attached hydrogen (secondary N) is 1. The normalized spacial score (nSPS) is 15.4. The van der Waals surface area contributed by atoms with E-state index in [2.05, 4.69) is 14.9 Å². The van der Waals surface area contributed by atoms with Gasteiger partial charge < -0.3 is 9.88 Å². The SMILES string of the molecule is Cc1cc(C=C2NC(=O)N(Cc3ccccc3)C2=O)c(C)n1-c1ccncc1. The van der Waals surface area contributed by atoms with Gasteiger partial charge in [-0.3, -0.25) is 14.7 Å². The van der Waals surface area contributed by atoms with Gasteiger partial charge in [0.2, 0.25) is 0 Å². The topological polar surface area (TPSA) is 67.2 Å². The highest BCUT2D eigenvalue weighted by molar-refractivity contribution is 6.13. The zero-order valence-electron chi connectivity index (χ0n) is 15.7. The van der Waals surface area contributed by atoms with E-state index in [-0.39, 0.29) is 18.1 Å². The summed E-state index contributed by atoms with van der Waals surface area (Å²) in [5.74, 6) is -0.317. The molecule has 0 unspecified atom stereocenters. The molecule has 140 valence electrons. The van der Waals surface area contributed by atoms with Gasteiger partial charge in [-0.1, -0.05) is 30.3 Å². The van der Waals surface area contributed by atoms with Gasteiger partial charge in [-0.15, -0.1) is 0 Å². The molecule has 3 heterocycles. The largest absolute Gasteiger partial charge is 0.329 e. The summed E-state index contributed by atoms with van der Waals surface area (Å²) in [7, 11) is 0. The quantitative estimate of drug-likeness (QED) is 0.562. The average Bonchev–Trinajstić information content (AvgIpc) is 3.13. The summed E-state index contributed by atoms with van der Waals surface area (Å²) in [6.45, 7) is 4.24. The number of nitrogens with zero attached hydrogens (tertiary/aromatic N) is 3. The Morgan fingerprint density at radius 2 is 1.75 bits per heavy atom. The third-order valence-corrected chi connectivity index (χ3v) is 4.84. The number of benzene rings is 1. The minimum Gasteiger partial charge on any atom is -0.318 e. The first-order valence-electron chi connectivity index (χ1n) is 9.02. The molecule has 0 aliphatic carbocycles. The van der Waals surface area contributed by atoms with Crippen molar-refractivity contribution >= 4 is 18.0 Å². The Balaban J connectivity index is 1.63. The number of aryl methyl sites for hydroxylation is 1. The van der Waals surface area contributed by atoms with Crippen molar-refractivity contribution in [1.82, 2.24) is 19.8 Å². The molecule has 1 saturated heterocycles. The van der Waals surface area contributed by atoms with Crippen LogP contribution in [0.2, 0.25) is 0 Å². The van der Waals surface area contributed by atoms with Crippen LogP contribution in [-0.2, 0) is 11.3 Å². The fraction of sp³-hybridized carbons (Fsp3) is 0.136. The smallest absolute Gasteiger partial charge is 0.318 e. The number of urea groups is 1. The molecule has 3 amide bonds. The number of pyridine rings is 1. The molecule has 0 bridgehead atoms. The van der Waals surface area contributed by atoms with E-state index in [1.807, 2.05) is 62.4 Å².